The van der Waals surface area contributed by atoms with E-state index in [9.17, 15) is 22.8 Å². The Kier molecular flexibility index (Phi) is 5.57. The molecule has 2 amide bonds. The predicted molar refractivity (Wildman–Crippen MR) is 115 cm³/mol. The second-order valence-electron chi connectivity index (χ2n) is 7.45. The van der Waals surface area contributed by atoms with Crippen LogP contribution in [0.4, 0.5) is 18.9 Å². The predicted octanol–water partition coefficient (Wildman–Crippen LogP) is 5.41. The quantitative estimate of drug-likeness (QED) is 0.545. The fourth-order valence-electron chi connectivity index (χ4n) is 3.58. The maximum atomic E-state index is 13.3. The smallest absolute Gasteiger partial charge is 0.350 e. The van der Waals surface area contributed by atoms with E-state index in [2.05, 4.69) is 5.32 Å². The van der Waals surface area contributed by atoms with Crippen LogP contribution in [-0.2, 0) is 22.3 Å². The van der Waals surface area contributed by atoms with E-state index in [0.717, 1.165) is 22.6 Å². The molecule has 0 saturated carbocycles. The monoisotopic (exact) mass is 436 g/mol. The first kappa shape index (κ1) is 21.4. The number of aryl methyl sites for hydroxylation is 1. The summed E-state index contributed by atoms with van der Waals surface area (Å²) in [5, 5.41) is 3.08. The van der Waals surface area contributed by atoms with Crippen LogP contribution >= 0.6 is 0 Å². The van der Waals surface area contributed by atoms with E-state index >= 15 is 0 Å². The van der Waals surface area contributed by atoms with E-state index < -0.39 is 23.6 Å². The van der Waals surface area contributed by atoms with Crippen LogP contribution in [0.2, 0.25) is 0 Å². The molecular weight excluding hydrogens is 417 g/mol. The van der Waals surface area contributed by atoms with Gasteiger partial charge in [0.25, 0.3) is 11.8 Å². The minimum atomic E-state index is -4.51. The van der Waals surface area contributed by atoms with Crippen molar-refractivity contribution in [2.24, 2.45) is 0 Å². The summed E-state index contributed by atoms with van der Waals surface area (Å²) in [6, 6.07) is 20.7. The summed E-state index contributed by atoms with van der Waals surface area (Å²) in [5.74, 6) is -1.15. The fraction of sp³-hybridized carbons (Fsp3) is 0.120. The SMILES string of the molecule is Cc1ccccc1NC1=C(c2ccccc2)C(=O)N(Cc2cccc(C(F)(F)F)c2)C1=O. The van der Waals surface area contributed by atoms with Crippen molar-refractivity contribution in [3.8, 4) is 0 Å². The Hall–Kier alpha value is -3.87. The number of halogens is 3. The van der Waals surface area contributed by atoms with E-state index in [1.807, 2.05) is 19.1 Å². The normalized spacial score (nSPS) is 14.3. The molecule has 0 atom stereocenters. The van der Waals surface area contributed by atoms with Crippen molar-refractivity contribution >= 4 is 23.1 Å². The van der Waals surface area contributed by atoms with Crippen LogP contribution in [-0.4, -0.2) is 16.7 Å². The number of hydrogen-bond acceptors (Lipinski definition) is 3. The van der Waals surface area contributed by atoms with Crippen molar-refractivity contribution < 1.29 is 22.8 Å². The van der Waals surface area contributed by atoms with Crippen LogP contribution in [0.5, 0.6) is 0 Å². The third kappa shape index (κ3) is 4.14. The third-order valence-corrected chi connectivity index (χ3v) is 5.23. The lowest BCUT2D eigenvalue weighted by Crippen LogP contribution is -2.32. The third-order valence-electron chi connectivity index (χ3n) is 5.23. The molecule has 4 rings (SSSR count). The van der Waals surface area contributed by atoms with Gasteiger partial charge in [-0.1, -0.05) is 60.7 Å². The van der Waals surface area contributed by atoms with Gasteiger partial charge in [0.1, 0.15) is 5.70 Å². The Morgan fingerprint density at radius 3 is 2.22 bits per heavy atom. The second kappa shape index (κ2) is 8.34. The zero-order valence-corrected chi connectivity index (χ0v) is 17.1. The summed E-state index contributed by atoms with van der Waals surface area (Å²) in [4.78, 5) is 27.5. The van der Waals surface area contributed by atoms with E-state index in [0.29, 0.717) is 11.3 Å². The van der Waals surface area contributed by atoms with Gasteiger partial charge < -0.3 is 5.32 Å². The molecule has 1 aliphatic heterocycles. The highest BCUT2D eigenvalue weighted by molar-refractivity contribution is 6.36. The van der Waals surface area contributed by atoms with Crippen LogP contribution < -0.4 is 5.32 Å². The topological polar surface area (TPSA) is 49.4 Å². The van der Waals surface area contributed by atoms with Gasteiger partial charge in [0.2, 0.25) is 0 Å². The highest BCUT2D eigenvalue weighted by Crippen LogP contribution is 2.33. The van der Waals surface area contributed by atoms with Gasteiger partial charge in [0, 0.05) is 5.69 Å². The van der Waals surface area contributed by atoms with Gasteiger partial charge in [0.05, 0.1) is 17.7 Å². The summed E-state index contributed by atoms with van der Waals surface area (Å²) in [5.41, 5.74) is 1.76. The number of alkyl halides is 3. The van der Waals surface area contributed by atoms with Gasteiger partial charge >= 0.3 is 6.18 Å². The minimum absolute atomic E-state index is 0.0995. The summed E-state index contributed by atoms with van der Waals surface area (Å²) >= 11 is 0. The zero-order chi connectivity index (χ0) is 22.9. The number of amides is 2. The fourth-order valence-corrected chi connectivity index (χ4v) is 3.58. The van der Waals surface area contributed by atoms with E-state index in [-0.39, 0.29) is 23.4 Å². The maximum Gasteiger partial charge on any atom is 0.416 e. The number of rotatable bonds is 5. The molecule has 4 nitrogen and oxygen atoms in total. The lowest BCUT2D eigenvalue weighted by Gasteiger charge is -2.17. The van der Waals surface area contributed by atoms with Crippen molar-refractivity contribution in [3.05, 3.63) is 107 Å². The minimum Gasteiger partial charge on any atom is -0.350 e. The largest absolute Gasteiger partial charge is 0.416 e. The molecule has 7 heteroatoms. The van der Waals surface area contributed by atoms with Crippen LogP contribution in [0.3, 0.4) is 0 Å². The highest BCUT2D eigenvalue weighted by atomic mass is 19.4. The lowest BCUT2D eigenvalue weighted by atomic mass is 10.0. The zero-order valence-electron chi connectivity index (χ0n) is 17.1. The second-order valence-corrected chi connectivity index (χ2v) is 7.45. The molecule has 0 saturated heterocycles. The molecule has 3 aromatic rings. The molecule has 0 aromatic heterocycles. The average Bonchev–Trinajstić information content (AvgIpc) is 3.00. The number of nitrogens with zero attached hydrogens (tertiary/aromatic N) is 1. The number of imide groups is 1. The molecule has 3 aromatic carbocycles. The van der Waals surface area contributed by atoms with Crippen molar-refractivity contribution in [1.29, 1.82) is 0 Å². The van der Waals surface area contributed by atoms with Gasteiger partial charge in [-0.3, -0.25) is 14.5 Å². The van der Waals surface area contributed by atoms with E-state index in [1.165, 1.54) is 12.1 Å². The summed E-state index contributed by atoms with van der Waals surface area (Å²) in [6.45, 7) is 1.60. The van der Waals surface area contributed by atoms with Gasteiger partial charge in [-0.05, 0) is 41.8 Å². The lowest BCUT2D eigenvalue weighted by molar-refractivity contribution is -0.137. The Morgan fingerprint density at radius 1 is 0.844 bits per heavy atom. The van der Waals surface area contributed by atoms with Crippen molar-refractivity contribution in [1.82, 2.24) is 4.90 Å². The molecule has 1 N–H and O–H groups in total. The molecule has 0 aliphatic carbocycles. The summed E-state index contributed by atoms with van der Waals surface area (Å²) in [6.07, 6.45) is -4.51. The van der Waals surface area contributed by atoms with Crippen LogP contribution in [0, 0.1) is 6.92 Å². The molecule has 0 unspecified atom stereocenters. The van der Waals surface area contributed by atoms with Gasteiger partial charge in [0.15, 0.2) is 0 Å². The average molecular weight is 436 g/mol. The van der Waals surface area contributed by atoms with Gasteiger partial charge in [-0.25, -0.2) is 0 Å². The first-order valence-electron chi connectivity index (χ1n) is 9.90. The number of carbonyl (C=O) groups is 2. The summed E-state index contributed by atoms with van der Waals surface area (Å²) in [7, 11) is 0. The van der Waals surface area contributed by atoms with Crippen LogP contribution in [0.1, 0.15) is 22.3 Å². The number of carbonyl (C=O) groups excluding carboxylic acids is 2. The maximum absolute atomic E-state index is 13.3. The first-order valence-corrected chi connectivity index (χ1v) is 9.90. The highest BCUT2D eigenvalue weighted by Gasteiger charge is 2.39. The Morgan fingerprint density at radius 2 is 1.53 bits per heavy atom. The van der Waals surface area contributed by atoms with Gasteiger partial charge in [-0.15, -0.1) is 0 Å². The molecule has 0 radical (unpaired) electrons. The Balaban J connectivity index is 1.72. The number of nitrogens with one attached hydrogen (secondary N) is 1. The molecule has 1 heterocycles. The molecule has 0 spiro atoms. The first-order chi connectivity index (χ1) is 15.3. The molecule has 162 valence electrons. The standard InChI is InChI=1S/C25H19F3N2O2/c1-16-8-5-6-13-20(16)29-22-21(18-10-3-2-4-11-18)23(31)30(24(22)32)15-17-9-7-12-19(14-17)25(26,27)28/h2-14,29H,15H2,1H3. The van der Waals surface area contributed by atoms with Crippen molar-refractivity contribution in [2.45, 2.75) is 19.6 Å². The number of benzene rings is 3. The van der Waals surface area contributed by atoms with Crippen LogP contribution in [0.25, 0.3) is 5.57 Å². The van der Waals surface area contributed by atoms with E-state index in [1.54, 1.807) is 42.5 Å². The molecule has 0 fully saturated rings. The van der Waals surface area contributed by atoms with Gasteiger partial charge in [-0.2, -0.15) is 13.2 Å². The number of para-hydroxylation sites is 1. The number of hydrogen-bond donors (Lipinski definition) is 1. The van der Waals surface area contributed by atoms with Crippen molar-refractivity contribution in [2.75, 3.05) is 5.32 Å². The van der Waals surface area contributed by atoms with Crippen molar-refractivity contribution in [3.63, 3.8) is 0 Å². The van der Waals surface area contributed by atoms with E-state index in [4.69, 9.17) is 0 Å². The number of anilines is 1. The van der Waals surface area contributed by atoms with Crippen LogP contribution in [0.15, 0.2) is 84.6 Å². The Labute approximate surface area is 183 Å². The molecule has 1 aliphatic rings. The molecular formula is C25H19F3N2O2. The molecule has 32 heavy (non-hydrogen) atoms. The molecule has 0 bridgehead atoms. The Bertz CT molecular complexity index is 1220. The summed E-state index contributed by atoms with van der Waals surface area (Å²) < 4.78 is 39.3.